The third kappa shape index (κ3) is 6.90. The van der Waals surface area contributed by atoms with Crippen molar-refractivity contribution in [2.24, 2.45) is 16.6 Å². The molecule has 0 amide bonds. The molecule has 0 fully saturated rings. The number of nitrogens with two attached hydrogens (primary N) is 1. The van der Waals surface area contributed by atoms with Crippen molar-refractivity contribution in [2.45, 2.75) is 58.2 Å². The molecule has 0 saturated heterocycles. The molecule has 4 atom stereocenters. The Morgan fingerprint density at radius 2 is 1.91 bits per heavy atom. The minimum atomic E-state index is -0.875. The van der Waals surface area contributed by atoms with E-state index in [1.807, 2.05) is 37.3 Å². The van der Waals surface area contributed by atoms with Crippen LogP contribution in [0, 0.1) is 5.92 Å². The molecule has 0 aliphatic rings. The Morgan fingerprint density at radius 3 is 2.43 bits per heavy atom. The number of Topliss-reactive ketones (excluding diaryl/α,β-unsaturated/α-hetero) is 1. The summed E-state index contributed by atoms with van der Waals surface area (Å²) in [5, 5.41) is 10.4. The number of benzene rings is 1. The lowest BCUT2D eigenvalue weighted by molar-refractivity contribution is -0.120. The lowest BCUT2D eigenvalue weighted by Gasteiger charge is -2.21. The predicted molar refractivity (Wildman–Crippen MR) is 99.8 cm³/mol. The highest BCUT2D eigenvalue weighted by Gasteiger charge is 2.22. The summed E-state index contributed by atoms with van der Waals surface area (Å²) in [6.07, 6.45) is 0.821. The molecule has 4 nitrogen and oxygen atoms in total. The molecule has 1 aromatic rings. The Bertz CT molecular complexity index is 517. The van der Waals surface area contributed by atoms with Gasteiger partial charge in [-0.15, -0.1) is 0 Å². The maximum absolute atomic E-state index is 12.0. The van der Waals surface area contributed by atoms with Crippen molar-refractivity contribution in [3.63, 3.8) is 0 Å². The highest BCUT2D eigenvalue weighted by atomic mass is 31.0. The number of carbonyl (C=O) groups excluding carboxylic acids is 1. The van der Waals surface area contributed by atoms with E-state index in [1.165, 1.54) is 0 Å². The number of nitrogens with zero attached hydrogens (tertiary/aromatic N) is 1. The third-order valence-electron chi connectivity index (χ3n) is 3.74. The molecular formula is C18H29N2O2P. The summed E-state index contributed by atoms with van der Waals surface area (Å²) in [6, 6.07) is 8.95. The van der Waals surface area contributed by atoms with Gasteiger partial charge in [0.1, 0.15) is 12.1 Å². The smallest absolute Gasteiger partial charge is 0.157 e. The molecule has 3 N–H and O–H groups in total. The molecule has 1 rings (SSSR count). The Labute approximate surface area is 141 Å². The van der Waals surface area contributed by atoms with Gasteiger partial charge in [-0.2, -0.15) is 0 Å². The van der Waals surface area contributed by atoms with Crippen molar-refractivity contribution in [2.75, 3.05) is 0 Å². The van der Waals surface area contributed by atoms with Crippen molar-refractivity contribution in [1.29, 1.82) is 0 Å². The normalized spacial score (nSPS) is 16.2. The van der Waals surface area contributed by atoms with Crippen LogP contribution in [-0.2, 0) is 11.2 Å². The zero-order valence-corrected chi connectivity index (χ0v) is 15.4. The molecule has 5 heteroatoms. The van der Waals surface area contributed by atoms with E-state index < -0.39 is 18.2 Å². The van der Waals surface area contributed by atoms with Gasteiger partial charge in [-0.1, -0.05) is 60.3 Å². The average Bonchev–Trinajstić information content (AvgIpc) is 2.53. The zero-order chi connectivity index (χ0) is 17.4. The van der Waals surface area contributed by atoms with Crippen molar-refractivity contribution in [3.05, 3.63) is 35.9 Å². The van der Waals surface area contributed by atoms with Crippen molar-refractivity contribution < 1.29 is 9.90 Å². The first-order chi connectivity index (χ1) is 10.8. The fourth-order valence-corrected chi connectivity index (χ4v) is 2.84. The van der Waals surface area contributed by atoms with E-state index >= 15 is 0 Å². The van der Waals surface area contributed by atoms with Gasteiger partial charge in [0.25, 0.3) is 0 Å². The minimum Gasteiger partial charge on any atom is -0.385 e. The Kier molecular flexibility index (Phi) is 8.60. The summed E-state index contributed by atoms with van der Waals surface area (Å²) in [6.45, 7) is 5.96. The number of carbonyl (C=O) groups is 1. The molecule has 0 aromatic heterocycles. The third-order valence-corrected chi connectivity index (χ3v) is 4.23. The molecule has 128 valence electrons. The van der Waals surface area contributed by atoms with Gasteiger partial charge >= 0.3 is 0 Å². The Balaban J connectivity index is 2.78. The van der Waals surface area contributed by atoms with Gasteiger partial charge in [0, 0.05) is 12.5 Å². The number of ketones is 1. The maximum Gasteiger partial charge on any atom is 0.157 e. The van der Waals surface area contributed by atoms with Crippen molar-refractivity contribution in [3.8, 4) is 0 Å². The molecule has 0 radical (unpaired) electrons. The summed E-state index contributed by atoms with van der Waals surface area (Å²) in [5.74, 6) is 0.467. The lowest BCUT2D eigenvalue weighted by atomic mass is 9.99. The van der Waals surface area contributed by atoms with Gasteiger partial charge in [0.2, 0.25) is 0 Å². The molecule has 0 aliphatic heterocycles. The quantitative estimate of drug-likeness (QED) is 0.537. The van der Waals surface area contributed by atoms with Crippen LogP contribution in [0.3, 0.4) is 0 Å². The van der Waals surface area contributed by atoms with E-state index in [4.69, 9.17) is 5.73 Å². The van der Waals surface area contributed by atoms with Crippen molar-refractivity contribution in [1.82, 2.24) is 0 Å². The molecule has 0 bridgehead atoms. The second-order valence-electron chi connectivity index (χ2n) is 6.32. The largest absolute Gasteiger partial charge is 0.385 e. The van der Waals surface area contributed by atoms with Crippen LogP contribution < -0.4 is 5.73 Å². The van der Waals surface area contributed by atoms with E-state index in [1.54, 1.807) is 0 Å². The Hall–Kier alpha value is -1.09. The van der Waals surface area contributed by atoms with Crippen LogP contribution in [0.1, 0.15) is 39.2 Å². The van der Waals surface area contributed by atoms with E-state index in [0.717, 1.165) is 5.56 Å². The average molecular weight is 336 g/mol. The monoisotopic (exact) mass is 336 g/mol. The second-order valence-corrected chi connectivity index (χ2v) is 6.91. The molecule has 0 heterocycles. The molecule has 23 heavy (non-hydrogen) atoms. The number of hydrogen-bond acceptors (Lipinski definition) is 4. The Morgan fingerprint density at radius 1 is 1.30 bits per heavy atom. The van der Waals surface area contributed by atoms with Crippen LogP contribution in [0.15, 0.2) is 35.3 Å². The van der Waals surface area contributed by atoms with Crippen LogP contribution in [-0.4, -0.2) is 34.5 Å². The molecule has 1 unspecified atom stereocenters. The number of rotatable bonds is 9. The van der Waals surface area contributed by atoms with Gasteiger partial charge in [-0.3, -0.25) is 9.79 Å². The van der Waals surface area contributed by atoms with Gasteiger partial charge in [0.15, 0.2) is 5.78 Å². The lowest BCUT2D eigenvalue weighted by Crippen LogP contribution is -2.41. The zero-order valence-electron chi connectivity index (χ0n) is 14.3. The van der Waals surface area contributed by atoms with E-state index in [9.17, 15) is 9.90 Å². The first kappa shape index (κ1) is 20.0. The molecule has 0 spiro atoms. The molecule has 0 aliphatic carbocycles. The van der Waals surface area contributed by atoms with E-state index in [-0.39, 0.29) is 5.78 Å². The SMILES string of the molecule is CCC(=O)[C@H](CC(C)C)N=C(P)[C@@H](O)[C@H](N)Cc1ccccc1. The van der Waals surface area contributed by atoms with Crippen LogP contribution in [0.4, 0.5) is 0 Å². The van der Waals surface area contributed by atoms with Crippen LogP contribution in [0.25, 0.3) is 0 Å². The minimum absolute atomic E-state index is 0.0995. The highest BCUT2D eigenvalue weighted by molar-refractivity contribution is 7.41. The second kappa shape index (κ2) is 9.92. The number of hydrogen-bond donors (Lipinski definition) is 2. The first-order valence-corrected chi connectivity index (χ1v) is 8.76. The fourth-order valence-electron chi connectivity index (χ4n) is 2.41. The molecule has 0 saturated carbocycles. The summed E-state index contributed by atoms with van der Waals surface area (Å²) in [4.78, 5) is 16.5. The summed E-state index contributed by atoms with van der Waals surface area (Å²) in [7, 11) is 2.45. The highest BCUT2D eigenvalue weighted by Crippen LogP contribution is 2.15. The molecule has 1 aromatic carbocycles. The van der Waals surface area contributed by atoms with Crippen molar-refractivity contribution >= 4 is 20.5 Å². The van der Waals surface area contributed by atoms with E-state index in [0.29, 0.717) is 30.6 Å². The number of aliphatic imine (C=N–C) groups is 1. The van der Waals surface area contributed by atoms with Crippen LogP contribution in [0.2, 0.25) is 0 Å². The standard InChI is InChI=1S/C18H29N2O2P/c1-4-16(21)15(10-12(2)3)20-18(23)17(22)14(19)11-13-8-6-5-7-9-13/h5-9,12,14-15,17,22H,4,10-11,19,23H2,1-3H3/t14-,15+,17+/m1/s1. The van der Waals surface area contributed by atoms with Crippen LogP contribution in [0.5, 0.6) is 0 Å². The predicted octanol–water partition coefficient (Wildman–Crippen LogP) is 2.58. The summed E-state index contributed by atoms with van der Waals surface area (Å²) < 4.78 is 0. The maximum atomic E-state index is 12.0. The first-order valence-electron chi connectivity index (χ1n) is 8.18. The van der Waals surface area contributed by atoms with E-state index in [2.05, 4.69) is 28.1 Å². The van der Waals surface area contributed by atoms with Gasteiger partial charge < -0.3 is 10.8 Å². The summed E-state index contributed by atoms with van der Waals surface area (Å²) in [5.41, 5.74) is 7.64. The van der Waals surface area contributed by atoms with Crippen LogP contribution >= 0.6 is 9.24 Å². The van der Waals surface area contributed by atoms with Gasteiger partial charge in [0.05, 0.1) is 5.45 Å². The number of aliphatic hydroxyl groups is 1. The van der Waals surface area contributed by atoms with Gasteiger partial charge in [-0.05, 0) is 24.3 Å². The topological polar surface area (TPSA) is 75.7 Å². The number of aliphatic hydroxyl groups excluding tert-OH is 1. The summed E-state index contributed by atoms with van der Waals surface area (Å²) >= 11 is 0. The fraction of sp³-hybridized carbons (Fsp3) is 0.556. The van der Waals surface area contributed by atoms with Gasteiger partial charge in [-0.25, -0.2) is 0 Å². The molecular weight excluding hydrogens is 307 g/mol.